The predicted molar refractivity (Wildman–Crippen MR) is 540 cm³/mol. The molecular weight excluding hydrogens is 1720 g/mol. The Morgan fingerprint density at radius 2 is 0.794 bits per heavy atom. The molecule has 11 heterocycles. The number of hydrogen-bond donors (Lipinski definition) is 10. The van der Waals surface area contributed by atoms with E-state index in [2.05, 4.69) is 220 Å². The summed E-state index contributed by atoms with van der Waals surface area (Å²) < 4.78 is 22.8. The van der Waals surface area contributed by atoms with Gasteiger partial charge < -0.3 is 102 Å². The van der Waals surface area contributed by atoms with Crippen molar-refractivity contribution >= 4 is 81.6 Å². The number of rotatable bonds is 18. The van der Waals surface area contributed by atoms with Crippen molar-refractivity contribution in [1.82, 2.24) is 62.2 Å². The van der Waals surface area contributed by atoms with E-state index >= 15 is 0 Å². The first-order chi connectivity index (χ1) is 65.4. The smallest absolute Gasteiger partial charge is 0.410 e. The second kappa shape index (κ2) is 52.8. The Labute approximate surface area is 802 Å². The third-order valence-corrected chi connectivity index (χ3v) is 23.9. The quantitative estimate of drug-likeness (QED) is 0.0381. The van der Waals surface area contributed by atoms with Crippen LogP contribution in [-0.2, 0) is 44.8 Å². The molecule has 7 unspecified atom stereocenters. The number of benzene rings is 6. The molecule has 10 fully saturated rings. The Kier molecular flexibility index (Phi) is 40.5. The van der Waals surface area contributed by atoms with Crippen LogP contribution in [0.15, 0.2) is 274 Å². The molecule has 1 aromatic heterocycles. The van der Waals surface area contributed by atoms with Crippen LogP contribution in [0.3, 0.4) is 0 Å². The molecule has 30 heteroatoms. The molecular formula is C106H140N18O12. The summed E-state index contributed by atoms with van der Waals surface area (Å²) in [6.45, 7) is 49.0. The highest BCUT2D eigenvalue weighted by molar-refractivity contribution is 5.83. The molecule has 30 nitrogen and oxygen atoms in total. The van der Waals surface area contributed by atoms with E-state index in [0.29, 0.717) is 94.4 Å². The number of nitrogens with zero attached hydrogens (tertiary/aromatic N) is 8. The van der Waals surface area contributed by atoms with Crippen LogP contribution in [0.5, 0.6) is 17.2 Å². The van der Waals surface area contributed by atoms with Crippen molar-refractivity contribution in [2.24, 2.45) is 0 Å². The maximum absolute atomic E-state index is 12.2. The molecule has 10 aliphatic rings. The molecule has 0 aliphatic carbocycles. The van der Waals surface area contributed by atoms with E-state index in [-0.39, 0.29) is 89.9 Å². The number of piperidine rings is 7. The van der Waals surface area contributed by atoms with Crippen LogP contribution in [-0.4, -0.2) is 215 Å². The number of piperazine rings is 3. The van der Waals surface area contributed by atoms with Crippen molar-refractivity contribution in [2.45, 2.75) is 179 Å². The fraction of sp³-hybridized carbons (Fsp3) is 0.406. The zero-order chi connectivity index (χ0) is 97.6. The lowest BCUT2D eigenvalue weighted by atomic mass is 10.0. The van der Waals surface area contributed by atoms with Crippen molar-refractivity contribution in [3.05, 3.63) is 280 Å². The molecule has 10 saturated heterocycles. The highest BCUT2D eigenvalue weighted by Gasteiger charge is 2.33. The fourth-order valence-electron chi connectivity index (χ4n) is 16.4. The molecule has 10 N–H and O–H groups in total. The van der Waals surface area contributed by atoms with Gasteiger partial charge >= 0.3 is 6.09 Å². The molecule has 0 spiro atoms. The molecule has 6 aromatic carbocycles. The van der Waals surface area contributed by atoms with Crippen LogP contribution in [0.25, 0.3) is 0 Å². The third-order valence-electron chi connectivity index (χ3n) is 23.9. The number of anilines is 6. The summed E-state index contributed by atoms with van der Waals surface area (Å²) in [5.41, 5.74) is 12.5. The number of carbonyl (C=O) groups is 8. The molecule has 7 atom stereocenters. The van der Waals surface area contributed by atoms with Crippen LogP contribution in [0.2, 0.25) is 0 Å². The molecule has 726 valence electrons. The molecule has 0 radical (unpaired) electrons. The van der Waals surface area contributed by atoms with Gasteiger partial charge in [-0.25, -0.2) is 4.79 Å². The summed E-state index contributed by atoms with van der Waals surface area (Å²) in [5.74, 6) is 2.73. The summed E-state index contributed by atoms with van der Waals surface area (Å²) in [7, 11) is 6.26. The Bertz CT molecular complexity index is 4980. The first kappa shape index (κ1) is 104. The second-order valence-electron chi connectivity index (χ2n) is 35.5. The van der Waals surface area contributed by atoms with Gasteiger partial charge in [-0.05, 0) is 189 Å². The zero-order valence-corrected chi connectivity index (χ0v) is 80.5. The molecule has 10 aliphatic heterocycles. The van der Waals surface area contributed by atoms with Crippen LogP contribution in [0, 0.1) is 0 Å². The number of carbonyl (C=O) groups excluding carboxylic acids is 8. The summed E-state index contributed by atoms with van der Waals surface area (Å²) in [6.07, 6.45) is 11.8. The van der Waals surface area contributed by atoms with Gasteiger partial charge in [0, 0.05) is 207 Å². The van der Waals surface area contributed by atoms with Gasteiger partial charge in [0.1, 0.15) is 41.2 Å². The van der Waals surface area contributed by atoms with Crippen molar-refractivity contribution in [3.8, 4) is 17.2 Å². The molecule has 0 bridgehead atoms. The molecule has 0 saturated carbocycles. The van der Waals surface area contributed by atoms with Gasteiger partial charge in [0.2, 0.25) is 41.4 Å². The number of aromatic nitrogens is 1. The lowest BCUT2D eigenvalue weighted by molar-refractivity contribution is -0.123. The standard InChI is InChI=1S/C22H32N4O3.C17H23N3O2.C16H22N4O.C14H18N2O.2C12H13NO2.C11H13N3O.C2H6/c1-16-19(10-11-20(27)23-16)24(5)17-6-8-18(9-7-17)25-12-14-26(15-13-25)21(28)29-22(2,3)4;1-13-16(7-8-17(21)18-13)22-15-5-3-14(4-6-15)20-11-9-19(2)10-12-20;1-12-15(5-6-16(21)18-12)19-13-3-2-4-14(11-13)20-9-7-17-8-10-20;1-11-13(8-9-14(17)15-11)16(2)10-12-6-4-3-5-7-12;2*1-9-11(7-8-12(14)13-9)15-10-5-3-2-4-6-10;1-8-10(4-5-11(15)13-8)14-9-3-2-6-12-7-9;1-2/h6-9,19H,1,10-15H2,2-5H3,(H,23,27);3-6,16H,1,7-12H2,2H3,(H,18,21);2-4,11,15,17,19H,1,5-10H2,(H,18,21);3-7,13H,1,8-10H2,2H3,(H,15,17);2*2-6,11H,1,7-8H2,(H,13,14);2-3,6-7,10,14H,1,4-5H2,(H,13,15);1-2H3. The number of pyridine rings is 1. The SMILES string of the molecule is C=C1NC(=O)CCC1N(C)Cc1ccccc1.C=C1NC(=O)CCC1N(C)c1ccc(N2CCN(C(=O)OC(C)(C)C)CC2)cc1.C=C1NC(=O)CCC1Nc1cccc(N2CCNCC2)c1.C=C1NC(=O)CCC1Nc1cccnc1.C=C1NC(=O)CCC1Oc1ccc(N2CCN(C)CC2)cc1.C=C1NC(=O)CCC1Oc1ccccc1.C=C1NC(=O)CCC1Oc1ccccc1.CC. The molecule has 7 aromatic rings. The summed E-state index contributed by atoms with van der Waals surface area (Å²) in [4.78, 5) is 110. The Morgan fingerprint density at radius 1 is 0.412 bits per heavy atom. The van der Waals surface area contributed by atoms with E-state index in [0.717, 1.165) is 160 Å². The van der Waals surface area contributed by atoms with Crippen LogP contribution in [0.4, 0.5) is 38.9 Å². The van der Waals surface area contributed by atoms with Crippen molar-refractivity contribution < 1.29 is 57.3 Å². The van der Waals surface area contributed by atoms with E-state index in [1.807, 2.05) is 145 Å². The lowest BCUT2D eigenvalue weighted by Crippen LogP contribution is -2.50. The third kappa shape index (κ3) is 34.0. The average Bonchev–Trinajstić information content (AvgIpc) is 0.838. The van der Waals surface area contributed by atoms with Crippen molar-refractivity contribution in [1.29, 1.82) is 0 Å². The van der Waals surface area contributed by atoms with Crippen LogP contribution >= 0.6 is 0 Å². The zero-order valence-electron chi connectivity index (χ0n) is 80.5. The number of hydrogen-bond acceptors (Lipinski definition) is 22. The van der Waals surface area contributed by atoms with Gasteiger partial charge in [0.25, 0.3) is 0 Å². The average molecular weight is 1860 g/mol. The number of para-hydroxylation sites is 2. The maximum Gasteiger partial charge on any atom is 0.410 e. The monoisotopic (exact) mass is 1860 g/mol. The summed E-state index contributed by atoms with van der Waals surface area (Å²) in [6, 6.07) is 58.9. The van der Waals surface area contributed by atoms with E-state index in [4.69, 9.17) is 18.9 Å². The molecule has 136 heavy (non-hydrogen) atoms. The number of ether oxygens (including phenoxy) is 4. The van der Waals surface area contributed by atoms with Gasteiger partial charge in [-0.3, -0.25) is 43.4 Å². The Hall–Kier alpha value is -13.7. The van der Waals surface area contributed by atoms with E-state index in [9.17, 15) is 38.4 Å². The molecule has 8 amide bonds. The Balaban J connectivity index is 0.000000166. The minimum absolute atomic E-state index is 0.0212. The predicted octanol–water partition coefficient (Wildman–Crippen LogP) is 13.8. The topological polar surface area (TPSA) is 329 Å². The highest BCUT2D eigenvalue weighted by atomic mass is 16.6. The van der Waals surface area contributed by atoms with Gasteiger partial charge in [-0.15, -0.1) is 0 Å². The second-order valence-corrected chi connectivity index (χ2v) is 35.5. The first-order valence-electron chi connectivity index (χ1n) is 47.2. The normalized spacial score (nSPS) is 21.2. The fourth-order valence-corrected chi connectivity index (χ4v) is 16.4. The molecule has 17 rings (SSSR count). The van der Waals surface area contributed by atoms with E-state index < -0.39 is 5.60 Å². The Morgan fingerprint density at radius 3 is 1.22 bits per heavy atom. The minimum atomic E-state index is -0.470. The van der Waals surface area contributed by atoms with Crippen molar-refractivity contribution in [3.63, 3.8) is 0 Å². The number of likely N-dealkylation sites (N-methyl/N-ethyl adjacent to an activating group) is 3. The van der Waals surface area contributed by atoms with Gasteiger partial charge in [-0.1, -0.05) is 133 Å². The maximum atomic E-state index is 12.2. The van der Waals surface area contributed by atoms with E-state index in [1.54, 1.807) is 17.3 Å². The van der Waals surface area contributed by atoms with Gasteiger partial charge in [-0.2, -0.15) is 0 Å². The minimum Gasteiger partial charge on any atom is -0.484 e. The van der Waals surface area contributed by atoms with Crippen LogP contribution < -0.4 is 87.0 Å². The van der Waals surface area contributed by atoms with Crippen molar-refractivity contribution in [2.75, 3.05) is 130 Å². The number of nitrogens with one attached hydrogen (secondary N) is 10. The largest absolute Gasteiger partial charge is 0.484 e. The highest BCUT2D eigenvalue weighted by Crippen LogP contribution is 2.31. The summed E-state index contributed by atoms with van der Waals surface area (Å²) >= 11 is 0. The van der Waals surface area contributed by atoms with Gasteiger partial charge in [0.15, 0.2) is 0 Å². The van der Waals surface area contributed by atoms with E-state index in [1.165, 1.54) is 16.9 Å². The first-order valence-corrected chi connectivity index (χ1v) is 47.2. The number of amides is 8. The summed E-state index contributed by atoms with van der Waals surface area (Å²) in [5, 5.41) is 29.5. The van der Waals surface area contributed by atoms with Crippen LogP contribution in [0.1, 0.15) is 130 Å². The van der Waals surface area contributed by atoms with Gasteiger partial charge in [0.05, 0.1) is 40.9 Å². The lowest BCUT2D eigenvalue weighted by Gasteiger charge is -2.37.